The van der Waals surface area contributed by atoms with Crippen molar-refractivity contribution in [1.29, 1.82) is 0 Å². The third-order valence-electron chi connectivity index (χ3n) is 3.81. The first-order chi connectivity index (χ1) is 7.81. The number of nitrogens with zero attached hydrogens (tertiary/aromatic N) is 1. The summed E-state index contributed by atoms with van der Waals surface area (Å²) in [6, 6.07) is 0. The number of nitrogens with two attached hydrogens (primary N) is 1. The molecule has 0 radical (unpaired) electrons. The third-order valence-corrected chi connectivity index (χ3v) is 4.26. The van der Waals surface area contributed by atoms with E-state index in [1.807, 2.05) is 6.92 Å². The van der Waals surface area contributed by atoms with E-state index in [4.69, 9.17) is 18.0 Å². The van der Waals surface area contributed by atoms with Crippen molar-refractivity contribution in [1.82, 2.24) is 4.90 Å². The van der Waals surface area contributed by atoms with Gasteiger partial charge in [-0.2, -0.15) is 0 Å². The first-order valence-electron chi connectivity index (χ1n) is 6.04. The quantitative estimate of drug-likeness (QED) is 0.720. The maximum absolute atomic E-state index is 12.3. The monoisotopic (exact) mass is 258 g/mol. The molecule has 3 N–H and O–H groups in total. The zero-order valence-corrected chi connectivity index (χ0v) is 11.6. The average molecular weight is 258 g/mol. The normalized spacial score (nSPS) is 26.8. The second-order valence-corrected chi connectivity index (χ2v) is 5.67. The molecule has 0 aromatic heterocycles. The van der Waals surface area contributed by atoms with Crippen LogP contribution in [0.15, 0.2) is 0 Å². The fourth-order valence-corrected chi connectivity index (χ4v) is 2.40. The smallest absolute Gasteiger partial charge is 0.235 e. The number of aliphatic hydroxyl groups is 1. The van der Waals surface area contributed by atoms with Gasteiger partial charge in [0.05, 0.1) is 16.5 Å². The van der Waals surface area contributed by atoms with Gasteiger partial charge in [-0.1, -0.05) is 19.1 Å². The van der Waals surface area contributed by atoms with E-state index >= 15 is 0 Å². The van der Waals surface area contributed by atoms with Crippen LogP contribution in [0.2, 0.25) is 0 Å². The highest BCUT2D eigenvalue weighted by atomic mass is 32.1. The number of hydrogen-bond acceptors (Lipinski definition) is 3. The van der Waals surface area contributed by atoms with Gasteiger partial charge in [-0.25, -0.2) is 0 Å². The topological polar surface area (TPSA) is 66.6 Å². The lowest BCUT2D eigenvalue weighted by molar-refractivity contribution is -0.138. The van der Waals surface area contributed by atoms with Gasteiger partial charge in [-0.15, -0.1) is 0 Å². The SMILES string of the molecule is CCC(C)(C(=O)N(C)CC1CC(O)C1)C(N)=S. The third kappa shape index (κ3) is 2.96. The standard InChI is InChI=1S/C12H22N2O2S/c1-4-12(2,10(13)17)11(16)14(3)7-8-5-9(15)6-8/h8-9,15H,4-7H2,1-3H3,(H2,13,17). The minimum atomic E-state index is -0.744. The highest BCUT2D eigenvalue weighted by molar-refractivity contribution is 7.80. The molecule has 1 aliphatic carbocycles. The predicted molar refractivity (Wildman–Crippen MR) is 71.6 cm³/mol. The van der Waals surface area contributed by atoms with Crippen molar-refractivity contribution in [2.75, 3.05) is 13.6 Å². The summed E-state index contributed by atoms with van der Waals surface area (Å²) in [5, 5.41) is 9.22. The van der Waals surface area contributed by atoms with Gasteiger partial charge in [0.2, 0.25) is 5.91 Å². The number of carbonyl (C=O) groups excluding carboxylic acids is 1. The maximum atomic E-state index is 12.3. The molecule has 0 aromatic rings. The largest absolute Gasteiger partial charge is 0.393 e. The van der Waals surface area contributed by atoms with Crippen LogP contribution in [0.25, 0.3) is 0 Å². The molecule has 5 heteroatoms. The van der Waals surface area contributed by atoms with E-state index in [2.05, 4.69) is 0 Å². The summed E-state index contributed by atoms with van der Waals surface area (Å²) in [6.45, 7) is 4.38. The van der Waals surface area contributed by atoms with Crippen molar-refractivity contribution in [3.8, 4) is 0 Å². The molecule has 1 unspecified atom stereocenters. The molecule has 0 bridgehead atoms. The van der Waals surface area contributed by atoms with Crippen LogP contribution in [-0.2, 0) is 4.79 Å². The number of aliphatic hydroxyl groups excluding tert-OH is 1. The average Bonchev–Trinajstić information content (AvgIpc) is 2.24. The Kier molecular flexibility index (Phi) is 4.49. The summed E-state index contributed by atoms with van der Waals surface area (Å²) in [5.74, 6) is 0.389. The predicted octanol–water partition coefficient (Wildman–Crippen LogP) is 0.918. The van der Waals surface area contributed by atoms with Crippen molar-refractivity contribution in [2.24, 2.45) is 17.1 Å². The summed E-state index contributed by atoms with van der Waals surface area (Å²) in [6.07, 6.45) is 2.00. The van der Waals surface area contributed by atoms with Crippen LogP contribution in [0.5, 0.6) is 0 Å². The second-order valence-electron chi connectivity index (χ2n) is 5.23. The number of amides is 1. The van der Waals surface area contributed by atoms with E-state index in [-0.39, 0.29) is 17.0 Å². The minimum absolute atomic E-state index is 0.0195. The molecule has 4 nitrogen and oxygen atoms in total. The van der Waals surface area contributed by atoms with Crippen LogP contribution in [-0.4, -0.2) is 40.6 Å². The summed E-state index contributed by atoms with van der Waals surface area (Å²) in [7, 11) is 1.78. The molecule has 1 fully saturated rings. The van der Waals surface area contributed by atoms with Gasteiger partial charge in [0.15, 0.2) is 0 Å². The van der Waals surface area contributed by atoms with Crippen LogP contribution in [0.4, 0.5) is 0 Å². The highest BCUT2D eigenvalue weighted by Crippen LogP contribution is 2.30. The minimum Gasteiger partial charge on any atom is -0.393 e. The molecule has 17 heavy (non-hydrogen) atoms. The van der Waals surface area contributed by atoms with Gasteiger partial charge in [-0.05, 0) is 32.1 Å². The van der Waals surface area contributed by atoms with Crippen LogP contribution in [0.1, 0.15) is 33.1 Å². The molecule has 1 amide bonds. The zero-order chi connectivity index (χ0) is 13.2. The van der Waals surface area contributed by atoms with Crippen LogP contribution in [0, 0.1) is 11.3 Å². The molecular formula is C12H22N2O2S. The first-order valence-corrected chi connectivity index (χ1v) is 6.45. The van der Waals surface area contributed by atoms with Crippen molar-refractivity contribution >= 4 is 23.1 Å². The summed E-state index contributed by atoms with van der Waals surface area (Å²) >= 11 is 4.99. The van der Waals surface area contributed by atoms with Gasteiger partial charge in [0, 0.05) is 13.6 Å². The Labute approximate surface area is 108 Å². The molecule has 0 aromatic carbocycles. The molecule has 1 atom stereocenters. The number of hydrogen-bond donors (Lipinski definition) is 2. The number of thiocarbonyl (C=S) groups is 1. The first kappa shape index (κ1) is 14.4. The van der Waals surface area contributed by atoms with Crippen molar-refractivity contribution in [2.45, 2.75) is 39.2 Å². The van der Waals surface area contributed by atoms with Crippen LogP contribution < -0.4 is 5.73 Å². The molecular weight excluding hydrogens is 236 g/mol. The maximum Gasteiger partial charge on any atom is 0.235 e. The van der Waals surface area contributed by atoms with E-state index in [0.29, 0.717) is 18.9 Å². The fourth-order valence-electron chi connectivity index (χ4n) is 2.17. The Balaban J connectivity index is 2.58. The molecule has 0 spiro atoms. The van der Waals surface area contributed by atoms with Crippen molar-refractivity contribution < 1.29 is 9.90 Å². The molecule has 1 aliphatic rings. The Morgan fingerprint density at radius 3 is 2.47 bits per heavy atom. The Bertz CT molecular complexity index is 316. The van der Waals surface area contributed by atoms with E-state index in [9.17, 15) is 9.90 Å². The van der Waals surface area contributed by atoms with Crippen molar-refractivity contribution in [3.05, 3.63) is 0 Å². The summed E-state index contributed by atoms with van der Waals surface area (Å²) in [5.41, 5.74) is 4.92. The molecule has 98 valence electrons. The van der Waals surface area contributed by atoms with Gasteiger partial charge < -0.3 is 15.7 Å². The number of rotatable bonds is 5. The van der Waals surface area contributed by atoms with Crippen molar-refractivity contribution in [3.63, 3.8) is 0 Å². The fraction of sp³-hybridized carbons (Fsp3) is 0.833. The second kappa shape index (κ2) is 5.31. The van der Waals surface area contributed by atoms with E-state index in [1.54, 1.807) is 18.9 Å². The number of carbonyl (C=O) groups is 1. The lowest BCUT2D eigenvalue weighted by atomic mass is 9.81. The lowest BCUT2D eigenvalue weighted by Crippen LogP contribution is -2.49. The molecule has 0 heterocycles. The van der Waals surface area contributed by atoms with Gasteiger partial charge in [0.1, 0.15) is 0 Å². The van der Waals surface area contributed by atoms with Gasteiger partial charge >= 0.3 is 0 Å². The van der Waals surface area contributed by atoms with E-state index < -0.39 is 5.41 Å². The molecule has 0 saturated heterocycles. The zero-order valence-electron chi connectivity index (χ0n) is 10.8. The molecule has 1 saturated carbocycles. The summed E-state index contributed by atoms with van der Waals surface area (Å²) < 4.78 is 0. The Hall–Kier alpha value is -0.680. The molecule has 0 aliphatic heterocycles. The van der Waals surface area contributed by atoms with Gasteiger partial charge in [0.25, 0.3) is 0 Å². The summed E-state index contributed by atoms with van der Waals surface area (Å²) in [4.78, 5) is 14.2. The van der Waals surface area contributed by atoms with E-state index in [1.165, 1.54) is 0 Å². The lowest BCUT2D eigenvalue weighted by Gasteiger charge is -2.37. The highest BCUT2D eigenvalue weighted by Gasteiger charge is 2.38. The van der Waals surface area contributed by atoms with Crippen LogP contribution >= 0.6 is 12.2 Å². The van der Waals surface area contributed by atoms with Crippen LogP contribution in [0.3, 0.4) is 0 Å². The van der Waals surface area contributed by atoms with E-state index in [0.717, 1.165) is 12.8 Å². The van der Waals surface area contributed by atoms with Gasteiger partial charge in [-0.3, -0.25) is 4.79 Å². The molecule has 1 rings (SSSR count). The Morgan fingerprint density at radius 2 is 2.12 bits per heavy atom. The Morgan fingerprint density at radius 1 is 1.59 bits per heavy atom.